The molecule has 1 aliphatic carbocycles. The molecule has 0 spiro atoms. The van der Waals surface area contributed by atoms with Crippen LogP contribution in [0.4, 0.5) is 5.69 Å². The number of aromatic nitrogens is 2. The van der Waals surface area contributed by atoms with E-state index in [0.717, 1.165) is 17.6 Å². The highest BCUT2D eigenvalue weighted by atomic mass is 32.1. The van der Waals surface area contributed by atoms with Crippen molar-refractivity contribution in [3.8, 4) is 0 Å². The van der Waals surface area contributed by atoms with Crippen LogP contribution in [-0.2, 0) is 0 Å². The molecule has 128 valence electrons. The third kappa shape index (κ3) is 3.43. The highest BCUT2D eigenvalue weighted by Crippen LogP contribution is 2.30. The quantitative estimate of drug-likeness (QED) is 0.500. The third-order valence-corrected chi connectivity index (χ3v) is 4.65. The van der Waals surface area contributed by atoms with E-state index < -0.39 is 0 Å². The maximum absolute atomic E-state index is 12.5. The first-order chi connectivity index (χ1) is 11.6. The van der Waals surface area contributed by atoms with E-state index in [0.29, 0.717) is 17.5 Å². The summed E-state index contributed by atoms with van der Waals surface area (Å²) in [6.45, 7) is 2.25. The molecule has 8 heteroatoms. The van der Waals surface area contributed by atoms with Gasteiger partial charge in [-0.1, -0.05) is 19.8 Å². The Balaban J connectivity index is 1.93. The van der Waals surface area contributed by atoms with Crippen LogP contribution in [0.5, 0.6) is 0 Å². The smallest absolute Gasteiger partial charge is 0.273 e. The molecule has 0 radical (unpaired) electrons. The van der Waals surface area contributed by atoms with Gasteiger partial charge in [-0.2, -0.15) is 5.10 Å². The molecule has 1 fully saturated rings. The Kier molecular flexibility index (Phi) is 4.84. The number of thiocarbonyl (C=S) groups is 1. The molecular formula is C16H22N6OS. The molecule has 1 amide bonds. The molecule has 0 aliphatic heterocycles. The fourth-order valence-electron chi connectivity index (χ4n) is 3.22. The minimum atomic E-state index is -0.329. The van der Waals surface area contributed by atoms with Gasteiger partial charge < -0.3 is 11.1 Å². The third-order valence-electron chi connectivity index (χ3n) is 4.55. The predicted molar refractivity (Wildman–Crippen MR) is 97.6 cm³/mol. The number of hydrogen-bond acceptors (Lipinski definition) is 4. The summed E-state index contributed by atoms with van der Waals surface area (Å²) >= 11 is 4.72. The first kappa shape index (κ1) is 16.5. The van der Waals surface area contributed by atoms with Gasteiger partial charge in [-0.05, 0) is 43.1 Å². The predicted octanol–water partition coefficient (Wildman–Crippen LogP) is 1.80. The van der Waals surface area contributed by atoms with E-state index in [4.69, 9.17) is 18.0 Å². The zero-order valence-corrected chi connectivity index (χ0v) is 14.4. The maximum Gasteiger partial charge on any atom is 0.273 e. The largest absolute Gasteiger partial charge is 0.380 e. The molecule has 0 aromatic carbocycles. The van der Waals surface area contributed by atoms with Crippen molar-refractivity contribution in [3.63, 3.8) is 0 Å². The zero-order valence-electron chi connectivity index (χ0n) is 13.6. The van der Waals surface area contributed by atoms with E-state index >= 15 is 0 Å². The Morgan fingerprint density at radius 3 is 2.92 bits per heavy atom. The lowest BCUT2D eigenvalue weighted by Gasteiger charge is -2.31. The van der Waals surface area contributed by atoms with Crippen LogP contribution in [-0.4, -0.2) is 26.7 Å². The van der Waals surface area contributed by atoms with Gasteiger partial charge in [-0.15, -0.1) is 0 Å². The van der Waals surface area contributed by atoms with Crippen molar-refractivity contribution in [2.24, 2.45) is 11.7 Å². The summed E-state index contributed by atoms with van der Waals surface area (Å²) in [4.78, 5) is 12.5. The molecule has 7 nitrogen and oxygen atoms in total. The monoisotopic (exact) mass is 346 g/mol. The molecule has 3 rings (SSSR count). The maximum atomic E-state index is 12.5. The second-order valence-corrected chi connectivity index (χ2v) is 6.67. The van der Waals surface area contributed by atoms with Gasteiger partial charge >= 0.3 is 0 Å². The van der Waals surface area contributed by atoms with Crippen molar-refractivity contribution in [2.45, 2.75) is 38.6 Å². The van der Waals surface area contributed by atoms with Crippen LogP contribution in [0.25, 0.3) is 5.52 Å². The second-order valence-electron chi connectivity index (χ2n) is 6.23. The fraction of sp³-hybridized carbons (Fsp3) is 0.438. The van der Waals surface area contributed by atoms with Crippen molar-refractivity contribution in [1.82, 2.24) is 20.5 Å². The molecule has 2 heterocycles. The van der Waals surface area contributed by atoms with Crippen molar-refractivity contribution in [3.05, 3.63) is 30.1 Å². The van der Waals surface area contributed by atoms with Gasteiger partial charge in [0.2, 0.25) is 0 Å². The molecule has 5 N–H and O–H groups in total. The van der Waals surface area contributed by atoms with Crippen molar-refractivity contribution in [2.75, 3.05) is 5.32 Å². The van der Waals surface area contributed by atoms with Gasteiger partial charge in [0.1, 0.15) is 0 Å². The SMILES string of the molecule is CC1CCCCC1Nc1c(C(=O)NNC(N)=S)cnn2cccc12. The molecule has 0 bridgehead atoms. The van der Waals surface area contributed by atoms with Gasteiger partial charge in [0.15, 0.2) is 5.11 Å². The highest BCUT2D eigenvalue weighted by molar-refractivity contribution is 7.80. The molecule has 2 aromatic rings. The van der Waals surface area contributed by atoms with E-state index in [9.17, 15) is 4.79 Å². The number of carbonyl (C=O) groups is 1. The number of nitrogens with zero attached hydrogens (tertiary/aromatic N) is 2. The molecule has 0 saturated heterocycles. The molecule has 24 heavy (non-hydrogen) atoms. The summed E-state index contributed by atoms with van der Waals surface area (Å²) in [6.07, 6.45) is 8.18. The number of hydrogen-bond donors (Lipinski definition) is 4. The van der Waals surface area contributed by atoms with Crippen molar-refractivity contribution in [1.29, 1.82) is 0 Å². The molecule has 1 saturated carbocycles. The summed E-state index contributed by atoms with van der Waals surface area (Å²) in [5.41, 5.74) is 12.5. The van der Waals surface area contributed by atoms with E-state index in [1.54, 1.807) is 10.7 Å². The van der Waals surface area contributed by atoms with Crippen LogP contribution in [0.3, 0.4) is 0 Å². The molecular weight excluding hydrogens is 324 g/mol. The zero-order chi connectivity index (χ0) is 17.1. The number of carbonyl (C=O) groups excluding carboxylic acids is 1. The summed E-state index contributed by atoms with van der Waals surface area (Å²) in [5.74, 6) is 0.234. The Labute approximate surface area is 145 Å². The molecule has 1 aliphatic rings. The average molecular weight is 346 g/mol. The number of hydrazine groups is 1. The number of amides is 1. The summed E-state index contributed by atoms with van der Waals surface area (Å²) in [5, 5.41) is 7.88. The standard InChI is InChI=1S/C16H22N6OS/c1-10-5-2-3-6-12(10)19-14-11(15(23)20-21-16(17)24)9-18-22-8-4-7-13(14)22/h4,7-10,12,19H,2-3,5-6H2,1H3,(H,20,23)(H3,17,21,24). The average Bonchev–Trinajstić information content (AvgIpc) is 3.04. The summed E-state index contributed by atoms with van der Waals surface area (Å²) < 4.78 is 1.76. The minimum absolute atomic E-state index is 0.00971. The number of rotatable bonds is 3. The van der Waals surface area contributed by atoms with E-state index in [1.165, 1.54) is 19.3 Å². The van der Waals surface area contributed by atoms with Gasteiger partial charge in [-0.3, -0.25) is 15.6 Å². The molecule has 2 unspecified atom stereocenters. The van der Waals surface area contributed by atoms with Crippen LogP contribution in [0.2, 0.25) is 0 Å². The second kappa shape index (κ2) is 7.04. The van der Waals surface area contributed by atoms with E-state index in [2.05, 4.69) is 28.2 Å². The van der Waals surface area contributed by atoms with Gasteiger partial charge in [0, 0.05) is 12.2 Å². The first-order valence-electron chi connectivity index (χ1n) is 8.15. The summed E-state index contributed by atoms with van der Waals surface area (Å²) in [6, 6.07) is 4.20. The lowest BCUT2D eigenvalue weighted by Crippen LogP contribution is -2.44. The van der Waals surface area contributed by atoms with Crippen LogP contribution in [0.1, 0.15) is 43.0 Å². The van der Waals surface area contributed by atoms with Crippen molar-refractivity contribution < 1.29 is 4.79 Å². The normalized spacial score (nSPS) is 20.5. The summed E-state index contributed by atoms with van der Waals surface area (Å²) in [7, 11) is 0. The van der Waals surface area contributed by atoms with E-state index in [1.807, 2.05) is 18.3 Å². The van der Waals surface area contributed by atoms with Gasteiger partial charge in [0.05, 0.1) is 23.0 Å². The lowest BCUT2D eigenvalue weighted by atomic mass is 9.85. The Hall–Kier alpha value is -2.35. The molecule has 2 atom stereocenters. The Morgan fingerprint density at radius 2 is 2.17 bits per heavy atom. The Bertz CT molecular complexity index is 758. The van der Waals surface area contributed by atoms with Gasteiger partial charge in [-0.25, -0.2) is 4.52 Å². The molecule has 2 aromatic heterocycles. The van der Waals surface area contributed by atoms with Crippen LogP contribution in [0, 0.1) is 5.92 Å². The lowest BCUT2D eigenvalue weighted by molar-refractivity contribution is 0.0944. The number of nitrogens with two attached hydrogens (primary N) is 1. The van der Waals surface area contributed by atoms with Crippen LogP contribution in [0.15, 0.2) is 24.5 Å². The van der Waals surface area contributed by atoms with Gasteiger partial charge in [0.25, 0.3) is 5.91 Å². The fourth-order valence-corrected chi connectivity index (χ4v) is 3.27. The number of fused-ring (bicyclic) bond motifs is 1. The number of anilines is 1. The van der Waals surface area contributed by atoms with Crippen molar-refractivity contribution >= 4 is 34.4 Å². The number of nitrogens with one attached hydrogen (secondary N) is 3. The highest BCUT2D eigenvalue weighted by Gasteiger charge is 2.24. The van der Waals surface area contributed by atoms with Crippen LogP contribution >= 0.6 is 12.2 Å². The first-order valence-corrected chi connectivity index (χ1v) is 8.56. The minimum Gasteiger partial charge on any atom is -0.380 e. The van der Waals surface area contributed by atoms with E-state index in [-0.39, 0.29) is 11.0 Å². The Morgan fingerprint density at radius 1 is 1.38 bits per heavy atom. The van der Waals surface area contributed by atoms with Crippen LogP contribution < -0.4 is 21.9 Å². The topological polar surface area (TPSA) is 96.5 Å².